The van der Waals surface area contributed by atoms with Crippen molar-refractivity contribution in [3.63, 3.8) is 0 Å². The van der Waals surface area contributed by atoms with Crippen LogP contribution in [0.3, 0.4) is 0 Å². The first-order valence-corrected chi connectivity index (χ1v) is 10.0. The molecular weight excluding hydrogens is 355 g/mol. The molecule has 25 heavy (non-hydrogen) atoms. The van der Waals surface area contributed by atoms with Crippen molar-refractivity contribution in [1.82, 2.24) is 19.7 Å². The summed E-state index contributed by atoms with van der Waals surface area (Å²) in [7, 11) is 0. The molecule has 1 atom stereocenters. The second-order valence-electron chi connectivity index (χ2n) is 7.26. The fourth-order valence-corrected chi connectivity index (χ4v) is 4.44. The zero-order chi connectivity index (χ0) is 17.2. The van der Waals surface area contributed by atoms with Crippen LogP contribution in [0.2, 0.25) is 10.0 Å². The highest BCUT2D eigenvalue weighted by atomic mass is 35.5. The number of nitrogens with zero attached hydrogens (tertiary/aromatic N) is 4. The second-order valence-corrected chi connectivity index (χ2v) is 8.07. The van der Waals surface area contributed by atoms with Crippen LogP contribution in [0, 0.1) is 0 Å². The molecule has 0 aliphatic carbocycles. The summed E-state index contributed by atoms with van der Waals surface area (Å²) in [6.07, 6.45) is 7.28. The van der Waals surface area contributed by atoms with E-state index >= 15 is 0 Å². The van der Waals surface area contributed by atoms with E-state index in [0.717, 1.165) is 32.6 Å². The SMILES string of the molecule is Clc1ccc(CN2CCCC(c3nnc4n3CCCCC4)C2)cc1Cl. The van der Waals surface area contributed by atoms with Crippen LogP contribution < -0.4 is 0 Å². The molecule has 3 heterocycles. The highest BCUT2D eigenvalue weighted by Gasteiger charge is 2.27. The monoisotopic (exact) mass is 378 g/mol. The van der Waals surface area contributed by atoms with Crippen LogP contribution in [0.1, 0.15) is 55.2 Å². The van der Waals surface area contributed by atoms with Crippen LogP contribution in [0.15, 0.2) is 18.2 Å². The topological polar surface area (TPSA) is 34.0 Å². The molecular formula is C19H24Cl2N4. The van der Waals surface area contributed by atoms with Crippen molar-refractivity contribution in [3.05, 3.63) is 45.5 Å². The van der Waals surface area contributed by atoms with Gasteiger partial charge in [0.2, 0.25) is 0 Å². The van der Waals surface area contributed by atoms with Gasteiger partial charge < -0.3 is 4.57 Å². The third kappa shape index (κ3) is 3.86. The third-order valence-corrected chi connectivity index (χ3v) is 6.14. The molecule has 1 aromatic carbocycles. The molecule has 1 unspecified atom stereocenters. The molecule has 6 heteroatoms. The number of halogens is 2. The molecule has 0 radical (unpaired) electrons. The number of rotatable bonds is 3. The molecule has 1 saturated heterocycles. The zero-order valence-corrected chi connectivity index (χ0v) is 15.9. The maximum atomic E-state index is 6.16. The zero-order valence-electron chi connectivity index (χ0n) is 14.4. The predicted octanol–water partition coefficient (Wildman–Crippen LogP) is 4.69. The maximum absolute atomic E-state index is 6.16. The minimum absolute atomic E-state index is 0.482. The van der Waals surface area contributed by atoms with E-state index in [4.69, 9.17) is 23.2 Å². The van der Waals surface area contributed by atoms with E-state index in [9.17, 15) is 0 Å². The summed E-state index contributed by atoms with van der Waals surface area (Å²) < 4.78 is 2.40. The standard InChI is InChI=1S/C19H24Cl2N4/c20-16-8-7-14(11-17(16)21)12-24-9-4-5-15(13-24)19-23-22-18-6-2-1-3-10-25(18)19/h7-8,11,15H,1-6,9-10,12-13H2. The quantitative estimate of drug-likeness (QED) is 0.776. The van der Waals surface area contributed by atoms with Gasteiger partial charge in [-0.15, -0.1) is 10.2 Å². The molecule has 1 fully saturated rings. The van der Waals surface area contributed by atoms with E-state index in [2.05, 4.69) is 25.7 Å². The Hall–Kier alpha value is -1.10. The number of hydrogen-bond donors (Lipinski definition) is 0. The van der Waals surface area contributed by atoms with Gasteiger partial charge in [-0.3, -0.25) is 4.90 Å². The lowest BCUT2D eigenvalue weighted by atomic mass is 9.96. The van der Waals surface area contributed by atoms with Gasteiger partial charge >= 0.3 is 0 Å². The largest absolute Gasteiger partial charge is 0.315 e. The van der Waals surface area contributed by atoms with Crippen LogP contribution in [-0.2, 0) is 19.5 Å². The summed E-state index contributed by atoms with van der Waals surface area (Å²) in [6.45, 7) is 4.16. The highest BCUT2D eigenvalue weighted by Crippen LogP contribution is 2.29. The first kappa shape index (κ1) is 17.3. The van der Waals surface area contributed by atoms with Crippen LogP contribution in [0.4, 0.5) is 0 Å². The number of hydrogen-bond acceptors (Lipinski definition) is 3. The van der Waals surface area contributed by atoms with Crippen molar-refractivity contribution >= 4 is 23.2 Å². The summed E-state index contributed by atoms with van der Waals surface area (Å²) in [5.74, 6) is 2.88. The number of aryl methyl sites for hydroxylation is 1. The van der Waals surface area contributed by atoms with E-state index < -0.39 is 0 Å². The normalized spacial score (nSPS) is 21.8. The molecule has 1 aromatic heterocycles. The lowest BCUT2D eigenvalue weighted by molar-refractivity contribution is 0.194. The number of fused-ring (bicyclic) bond motifs is 1. The predicted molar refractivity (Wildman–Crippen MR) is 101 cm³/mol. The number of aromatic nitrogens is 3. The summed E-state index contributed by atoms with van der Waals surface area (Å²) in [5.41, 5.74) is 1.22. The molecule has 4 rings (SSSR count). The van der Waals surface area contributed by atoms with E-state index in [-0.39, 0.29) is 0 Å². The Balaban J connectivity index is 1.48. The van der Waals surface area contributed by atoms with Crippen LogP contribution >= 0.6 is 23.2 Å². The summed E-state index contributed by atoms with van der Waals surface area (Å²) in [6, 6.07) is 5.94. The Morgan fingerprint density at radius 1 is 1.00 bits per heavy atom. The molecule has 2 aromatic rings. The minimum Gasteiger partial charge on any atom is -0.315 e. The average molecular weight is 379 g/mol. The summed E-state index contributed by atoms with van der Waals surface area (Å²) in [5, 5.41) is 10.3. The van der Waals surface area contributed by atoms with E-state index in [0.29, 0.717) is 16.0 Å². The Morgan fingerprint density at radius 2 is 1.92 bits per heavy atom. The maximum Gasteiger partial charge on any atom is 0.137 e. The van der Waals surface area contributed by atoms with Gasteiger partial charge in [0.15, 0.2) is 0 Å². The average Bonchev–Trinajstić information content (AvgIpc) is 2.87. The third-order valence-electron chi connectivity index (χ3n) is 5.40. The van der Waals surface area contributed by atoms with E-state index in [1.807, 2.05) is 12.1 Å². The molecule has 2 aliphatic heterocycles. The van der Waals surface area contributed by atoms with Crippen molar-refractivity contribution < 1.29 is 0 Å². The lowest BCUT2D eigenvalue weighted by Crippen LogP contribution is -2.35. The molecule has 2 aliphatic rings. The molecule has 0 saturated carbocycles. The number of piperidine rings is 1. The Morgan fingerprint density at radius 3 is 2.80 bits per heavy atom. The van der Waals surface area contributed by atoms with Crippen LogP contribution in [0.5, 0.6) is 0 Å². The molecule has 0 N–H and O–H groups in total. The first-order chi connectivity index (χ1) is 12.2. The van der Waals surface area contributed by atoms with Crippen molar-refractivity contribution in [2.45, 2.75) is 57.5 Å². The molecule has 4 nitrogen and oxygen atoms in total. The number of benzene rings is 1. The van der Waals surface area contributed by atoms with Crippen molar-refractivity contribution in [3.8, 4) is 0 Å². The number of likely N-dealkylation sites (tertiary alicyclic amines) is 1. The molecule has 134 valence electrons. The van der Waals surface area contributed by atoms with E-state index in [1.54, 1.807) is 0 Å². The second kappa shape index (κ2) is 7.65. The van der Waals surface area contributed by atoms with Gasteiger partial charge in [0.05, 0.1) is 10.0 Å². The lowest BCUT2D eigenvalue weighted by Gasteiger charge is -2.32. The molecule has 0 amide bonds. The van der Waals surface area contributed by atoms with Gasteiger partial charge in [0, 0.05) is 32.0 Å². The first-order valence-electron chi connectivity index (χ1n) is 9.29. The van der Waals surface area contributed by atoms with Gasteiger partial charge in [-0.2, -0.15) is 0 Å². The van der Waals surface area contributed by atoms with Crippen LogP contribution in [-0.4, -0.2) is 32.8 Å². The van der Waals surface area contributed by atoms with Gasteiger partial charge in [-0.25, -0.2) is 0 Å². The fraction of sp³-hybridized carbons (Fsp3) is 0.579. The Bertz CT molecular complexity index is 743. The molecule has 0 spiro atoms. The van der Waals surface area contributed by atoms with Gasteiger partial charge in [-0.1, -0.05) is 35.7 Å². The summed E-state index contributed by atoms with van der Waals surface area (Å²) >= 11 is 12.2. The fourth-order valence-electron chi connectivity index (χ4n) is 4.12. The smallest absolute Gasteiger partial charge is 0.137 e. The van der Waals surface area contributed by atoms with Gasteiger partial charge in [0.25, 0.3) is 0 Å². The van der Waals surface area contributed by atoms with Gasteiger partial charge in [-0.05, 0) is 49.9 Å². The van der Waals surface area contributed by atoms with E-state index in [1.165, 1.54) is 49.3 Å². The summed E-state index contributed by atoms with van der Waals surface area (Å²) in [4.78, 5) is 2.51. The minimum atomic E-state index is 0.482. The molecule has 0 bridgehead atoms. The van der Waals surface area contributed by atoms with Crippen molar-refractivity contribution in [1.29, 1.82) is 0 Å². The van der Waals surface area contributed by atoms with Crippen molar-refractivity contribution in [2.24, 2.45) is 0 Å². The highest BCUT2D eigenvalue weighted by molar-refractivity contribution is 6.42. The Kier molecular flexibility index (Phi) is 5.30. The van der Waals surface area contributed by atoms with Crippen LogP contribution in [0.25, 0.3) is 0 Å². The van der Waals surface area contributed by atoms with Crippen molar-refractivity contribution in [2.75, 3.05) is 13.1 Å². The van der Waals surface area contributed by atoms with Gasteiger partial charge in [0.1, 0.15) is 11.6 Å². The Labute approximate surface area is 159 Å².